The molecular formula is C58H39NS. The van der Waals surface area contributed by atoms with Crippen molar-refractivity contribution in [3.63, 3.8) is 0 Å². The third-order valence-corrected chi connectivity index (χ3v) is 12.8. The maximum atomic E-state index is 2.43. The number of hydrogen-bond donors (Lipinski definition) is 0. The van der Waals surface area contributed by atoms with Crippen LogP contribution in [0.3, 0.4) is 0 Å². The van der Waals surface area contributed by atoms with Crippen LogP contribution in [0, 0.1) is 0 Å². The van der Waals surface area contributed by atoms with Gasteiger partial charge in [-0.15, -0.1) is 11.3 Å². The lowest BCUT2D eigenvalue weighted by atomic mass is 9.96. The summed E-state index contributed by atoms with van der Waals surface area (Å²) in [6.07, 6.45) is 0. The molecule has 0 radical (unpaired) electrons. The first-order valence-electron chi connectivity index (χ1n) is 20.5. The van der Waals surface area contributed by atoms with Gasteiger partial charge in [-0.3, -0.25) is 0 Å². The molecule has 0 fully saturated rings. The molecule has 0 bridgehead atoms. The highest BCUT2D eigenvalue weighted by Crippen LogP contribution is 2.45. The van der Waals surface area contributed by atoms with Crippen molar-refractivity contribution >= 4 is 59.3 Å². The molecule has 0 amide bonds. The van der Waals surface area contributed by atoms with Gasteiger partial charge in [0.05, 0.1) is 5.69 Å². The Morgan fingerprint density at radius 3 is 1.45 bits per heavy atom. The molecule has 1 heterocycles. The van der Waals surface area contributed by atoms with E-state index in [0.29, 0.717) is 0 Å². The predicted octanol–water partition coefficient (Wildman–Crippen LogP) is 17.0. The normalized spacial score (nSPS) is 11.3. The van der Waals surface area contributed by atoms with Crippen LogP contribution in [-0.2, 0) is 0 Å². The van der Waals surface area contributed by atoms with Crippen molar-refractivity contribution in [3.05, 3.63) is 237 Å². The van der Waals surface area contributed by atoms with Crippen molar-refractivity contribution in [2.24, 2.45) is 0 Å². The molecule has 0 unspecified atom stereocenters. The van der Waals surface area contributed by atoms with Gasteiger partial charge in [0.1, 0.15) is 0 Å². The summed E-state index contributed by atoms with van der Waals surface area (Å²) in [4.78, 5) is 2.43. The second kappa shape index (κ2) is 15.3. The van der Waals surface area contributed by atoms with E-state index in [-0.39, 0.29) is 0 Å². The van der Waals surface area contributed by atoms with Crippen LogP contribution in [-0.4, -0.2) is 0 Å². The van der Waals surface area contributed by atoms with E-state index >= 15 is 0 Å². The number of nitrogens with zero attached hydrogens (tertiary/aromatic N) is 1. The van der Waals surface area contributed by atoms with Crippen molar-refractivity contribution in [1.29, 1.82) is 0 Å². The van der Waals surface area contributed by atoms with Gasteiger partial charge in [0.15, 0.2) is 0 Å². The molecule has 0 N–H and O–H groups in total. The van der Waals surface area contributed by atoms with Gasteiger partial charge >= 0.3 is 0 Å². The van der Waals surface area contributed by atoms with E-state index in [2.05, 4.69) is 241 Å². The Bertz CT molecular complexity index is 3290. The summed E-state index contributed by atoms with van der Waals surface area (Å²) in [5, 5.41) is 5.08. The summed E-state index contributed by atoms with van der Waals surface area (Å²) in [6, 6.07) is 86.1. The maximum absolute atomic E-state index is 2.43. The van der Waals surface area contributed by atoms with Gasteiger partial charge in [-0.05, 0) is 121 Å². The van der Waals surface area contributed by atoms with Crippen LogP contribution in [0.1, 0.15) is 0 Å². The molecule has 0 aliphatic rings. The number of fused-ring (bicyclic) bond motifs is 4. The fourth-order valence-corrected chi connectivity index (χ4v) is 9.71. The lowest BCUT2D eigenvalue weighted by Crippen LogP contribution is -2.10. The summed E-state index contributed by atoms with van der Waals surface area (Å²) in [5.74, 6) is 0. The molecule has 11 rings (SSSR count). The van der Waals surface area contributed by atoms with E-state index in [4.69, 9.17) is 0 Å². The van der Waals surface area contributed by atoms with Crippen molar-refractivity contribution in [2.75, 3.05) is 4.90 Å². The highest BCUT2D eigenvalue weighted by atomic mass is 32.1. The van der Waals surface area contributed by atoms with Gasteiger partial charge in [-0.2, -0.15) is 0 Å². The standard InChI is InChI=1S/C58H39NS/c1-2-11-40(12-3-1)42-23-29-46(30-24-42)50-17-9-18-53(39-50)59(55-20-10-22-57-58(55)54-19-6-7-21-56(54)60-57)52-35-33-44(34-36-52)43-25-27-45(28-26-43)48-15-8-16-49(37-48)51-32-31-41-13-4-5-14-47(41)38-51/h1-39H. The molecule has 0 saturated carbocycles. The Labute approximate surface area is 354 Å². The van der Waals surface area contributed by atoms with E-state index < -0.39 is 0 Å². The Morgan fingerprint density at radius 2 is 0.733 bits per heavy atom. The summed E-state index contributed by atoms with van der Waals surface area (Å²) in [7, 11) is 0. The molecule has 0 aliphatic heterocycles. The number of hydrogen-bond acceptors (Lipinski definition) is 2. The van der Waals surface area contributed by atoms with E-state index in [9.17, 15) is 0 Å². The van der Waals surface area contributed by atoms with Crippen LogP contribution in [0.25, 0.3) is 86.6 Å². The van der Waals surface area contributed by atoms with Gasteiger partial charge in [-0.1, -0.05) is 182 Å². The molecule has 2 heteroatoms. The van der Waals surface area contributed by atoms with Gasteiger partial charge in [-0.25, -0.2) is 0 Å². The molecule has 1 nitrogen and oxygen atoms in total. The molecule has 0 spiro atoms. The van der Waals surface area contributed by atoms with E-state index in [1.54, 1.807) is 0 Å². The van der Waals surface area contributed by atoms with Crippen molar-refractivity contribution < 1.29 is 0 Å². The first-order valence-corrected chi connectivity index (χ1v) is 21.3. The largest absolute Gasteiger partial charge is 0.310 e. The summed E-state index contributed by atoms with van der Waals surface area (Å²) >= 11 is 1.86. The SMILES string of the molecule is c1ccc(-c2ccc(-c3cccc(N(c4ccc(-c5ccc(-c6cccc(-c7ccc8ccccc8c7)c6)cc5)cc4)c4cccc5sc6ccccc6c45)c3)cc2)cc1. The van der Waals surface area contributed by atoms with Gasteiger partial charge in [0.25, 0.3) is 0 Å². The zero-order valence-corrected chi connectivity index (χ0v) is 33.7. The third-order valence-electron chi connectivity index (χ3n) is 11.7. The number of benzene rings is 10. The molecule has 1 aromatic heterocycles. The second-order valence-corrected chi connectivity index (χ2v) is 16.4. The van der Waals surface area contributed by atoms with Gasteiger partial charge in [0.2, 0.25) is 0 Å². The first kappa shape index (κ1) is 35.6. The minimum absolute atomic E-state index is 1.11. The average Bonchev–Trinajstić information content (AvgIpc) is 3.72. The Balaban J connectivity index is 0.937. The van der Waals surface area contributed by atoms with E-state index in [1.165, 1.54) is 92.3 Å². The summed E-state index contributed by atoms with van der Waals surface area (Å²) in [5.41, 5.74) is 15.4. The van der Waals surface area contributed by atoms with Crippen LogP contribution < -0.4 is 4.90 Å². The molecule has 0 atom stereocenters. The van der Waals surface area contributed by atoms with Crippen LogP contribution in [0.4, 0.5) is 17.1 Å². The van der Waals surface area contributed by atoms with Crippen molar-refractivity contribution in [1.82, 2.24) is 0 Å². The number of thiophene rings is 1. The fourth-order valence-electron chi connectivity index (χ4n) is 8.59. The molecule has 11 aromatic rings. The lowest BCUT2D eigenvalue weighted by molar-refractivity contribution is 1.30. The summed E-state index contributed by atoms with van der Waals surface area (Å²) < 4.78 is 2.58. The van der Waals surface area contributed by atoms with E-state index in [1.807, 2.05) is 11.3 Å². The topological polar surface area (TPSA) is 3.24 Å². The monoisotopic (exact) mass is 781 g/mol. The molecular weight excluding hydrogens is 743 g/mol. The van der Waals surface area contributed by atoms with Crippen molar-refractivity contribution in [3.8, 4) is 55.6 Å². The van der Waals surface area contributed by atoms with Gasteiger partial charge in [0, 0.05) is 31.5 Å². The first-order chi connectivity index (χ1) is 29.7. The third kappa shape index (κ3) is 6.73. The smallest absolute Gasteiger partial charge is 0.0554 e. The molecule has 0 saturated heterocycles. The average molecular weight is 782 g/mol. The van der Waals surface area contributed by atoms with Crippen molar-refractivity contribution in [2.45, 2.75) is 0 Å². The number of rotatable bonds is 8. The molecule has 60 heavy (non-hydrogen) atoms. The fraction of sp³-hybridized carbons (Fsp3) is 0. The number of anilines is 3. The Kier molecular flexibility index (Phi) is 9.11. The molecule has 282 valence electrons. The lowest BCUT2D eigenvalue weighted by Gasteiger charge is -2.27. The Morgan fingerprint density at radius 1 is 0.267 bits per heavy atom. The van der Waals surface area contributed by atoms with Gasteiger partial charge < -0.3 is 4.90 Å². The Hall–Kier alpha value is -7.52. The summed E-state index contributed by atoms with van der Waals surface area (Å²) in [6.45, 7) is 0. The molecule has 0 aliphatic carbocycles. The van der Waals surface area contributed by atoms with Crippen LogP contribution in [0.2, 0.25) is 0 Å². The van der Waals surface area contributed by atoms with E-state index in [0.717, 1.165) is 11.4 Å². The predicted molar refractivity (Wildman–Crippen MR) is 259 cm³/mol. The van der Waals surface area contributed by atoms with Crippen LogP contribution >= 0.6 is 11.3 Å². The molecule has 10 aromatic carbocycles. The minimum atomic E-state index is 1.11. The highest BCUT2D eigenvalue weighted by Gasteiger charge is 2.19. The van der Waals surface area contributed by atoms with Crippen LogP contribution in [0.15, 0.2) is 237 Å². The highest BCUT2D eigenvalue weighted by molar-refractivity contribution is 7.26. The minimum Gasteiger partial charge on any atom is -0.310 e. The van der Waals surface area contributed by atoms with Crippen LogP contribution in [0.5, 0.6) is 0 Å². The quantitative estimate of drug-likeness (QED) is 0.148. The maximum Gasteiger partial charge on any atom is 0.0554 e. The zero-order chi connectivity index (χ0) is 39.8. The second-order valence-electron chi connectivity index (χ2n) is 15.3. The zero-order valence-electron chi connectivity index (χ0n) is 32.9.